The van der Waals surface area contributed by atoms with Gasteiger partial charge in [0.15, 0.2) is 0 Å². The summed E-state index contributed by atoms with van der Waals surface area (Å²) in [5.74, 6) is -0.612. The largest absolute Gasteiger partial charge is 0.418 e. The predicted octanol–water partition coefficient (Wildman–Crippen LogP) is 4.10. The van der Waals surface area contributed by atoms with Crippen molar-refractivity contribution < 1.29 is 22.7 Å². The number of anilines is 2. The third kappa shape index (κ3) is 3.16. The normalized spacial score (nSPS) is 11.5. The van der Waals surface area contributed by atoms with Gasteiger partial charge in [0.05, 0.1) is 23.5 Å². The number of rotatable bonds is 3. The maximum Gasteiger partial charge on any atom is 0.418 e. The zero-order valence-corrected chi connectivity index (χ0v) is 11.2. The maximum absolute atomic E-state index is 13.7. The lowest BCUT2D eigenvalue weighted by Gasteiger charge is -2.24. The summed E-state index contributed by atoms with van der Waals surface area (Å²) in [5.41, 5.74) is -0.905. The lowest BCUT2D eigenvalue weighted by atomic mass is 10.1. The van der Waals surface area contributed by atoms with Crippen LogP contribution in [0.1, 0.15) is 11.1 Å². The molecule has 2 nitrogen and oxygen atoms in total. The minimum Gasteiger partial charge on any atom is -0.392 e. The lowest BCUT2D eigenvalue weighted by Crippen LogP contribution is -2.18. The van der Waals surface area contributed by atoms with Crippen molar-refractivity contribution in [3.8, 4) is 0 Å². The molecule has 0 saturated carbocycles. The van der Waals surface area contributed by atoms with Gasteiger partial charge in [-0.05, 0) is 29.8 Å². The standard InChI is InChI=1S/C15H13F4NO/c1-20(14-5-3-2-4-12(14)16)13-7-6-10(9-21)8-11(13)15(17,18)19/h2-8,21H,9H2,1H3. The Morgan fingerprint density at radius 2 is 1.71 bits per heavy atom. The fourth-order valence-corrected chi connectivity index (χ4v) is 2.05. The van der Waals surface area contributed by atoms with E-state index in [4.69, 9.17) is 5.11 Å². The van der Waals surface area contributed by atoms with Gasteiger partial charge in [0.25, 0.3) is 0 Å². The van der Waals surface area contributed by atoms with Crippen molar-refractivity contribution in [2.75, 3.05) is 11.9 Å². The smallest absolute Gasteiger partial charge is 0.392 e. The number of aliphatic hydroxyl groups is 1. The van der Waals surface area contributed by atoms with E-state index in [-0.39, 0.29) is 16.9 Å². The third-order valence-electron chi connectivity index (χ3n) is 3.12. The van der Waals surface area contributed by atoms with Crippen LogP contribution in [0.3, 0.4) is 0 Å². The van der Waals surface area contributed by atoms with Gasteiger partial charge in [0, 0.05) is 7.05 Å². The molecule has 0 aliphatic carbocycles. The van der Waals surface area contributed by atoms with Crippen molar-refractivity contribution in [1.29, 1.82) is 0 Å². The second-order valence-corrected chi connectivity index (χ2v) is 4.52. The van der Waals surface area contributed by atoms with Gasteiger partial charge in [-0.15, -0.1) is 0 Å². The van der Waals surface area contributed by atoms with Crippen LogP contribution in [0.25, 0.3) is 0 Å². The van der Waals surface area contributed by atoms with Crippen molar-refractivity contribution in [3.63, 3.8) is 0 Å². The number of hydrogen-bond acceptors (Lipinski definition) is 2. The first-order valence-corrected chi connectivity index (χ1v) is 6.14. The van der Waals surface area contributed by atoms with Crippen LogP contribution in [0.5, 0.6) is 0 Å². The highest BCUT2D eigenvalue weighted by atomic mass is 19.4. The monoisotopic (exact) mass is 299 g/mol. The van der Waals surface area contributed by atoms with Crippen LogP contribution >= 0.6 is 0 Å². The summed E-state index contributed by atoms with van der Waals surface area (Å²) in [4.78, 5) is 1.14. The van der Waals surface area contributed by atoms with E-state index in [0.29, 0.717) is 0 Å². The third-order valence-corrected chi connectivity index (χ3v) is 3.12. The highest BCUT2D eigenvalue weighted by Crippen LogP contribution is 2.39. The second-order valence-electron chi connectivity index (χ2n) is 4.52. The second kappa shape index (κ2) is 5.73. The lowest BCUT2D eigenvalue weighted by molar-refractivity contribution is -0.137. The van der Waals surface area contributed by atoms with E-state index >= 15 is 0 Å². The van der Waals surface area contributed by atoms with Crippen LogP contribution < -0.4 is 4.90 Å². The molecule has 0 heterocycles. The first kappa shape index (κ1) is 15.3. The average Bonchev–Trinajstić information content (AvgIpc) is 2.45. The molecule has 0 fully saturated rings. The minimum absolute atomic E-state index is 0.0414. The van der Waals surface area contributed by atoms with E-state index in [0.717, 1.165) is 11.0 Å². The summed E-state index contributed by atoms with van der Waals surface area (Å²) >= 11 is 0. The molecule has 6 heteroatoms. The zero-order valence-electron chi connectivity index (χ0n) is 11.2. The van der Waals surface area contributed by atoms with Crippen LogP contribution in [0.4, 0.5) is 28.9 Å². The molecule has 0 atom stereocenters. The Bertz CT molecular complexity index is 640. The van der Waals surface area contributed by atoms with E-state index in [1.807, 2.05) is 0 Å². The van der Waals surface area contributed by atoms with Crippen LogP contribution in [-0.4, -0.2) is 12.2 Å². The number of alkyl halides is 3. The molecule has 112 valence electrons. The number of hydrogen-bond donors (Lipinski definition) is 1. The number of benzene rings is 2. The summed E-state index contributed by atoms with van der Waals surface area (Å²) in [5, 5.41) is 8.98. The van der Waals surface area contributed by atoms with E-state index in [2.05, 4.69) is 0 Å². The Labute approximate surface area is 119 Å². The van der Waals surface area contributed by atoms with Gasteiger partial charge >= 0.3 is 6.18 Å². The molecule has 2 aromatic carbocycles. The van der Waals surface area contributed by atoms with Crippen molar-refractivity contribution in [1.82, 2.24) is 0 Å². The predicted molar refractivity (Wildman–Crippen MR) is 71.8 cm³/mol. The van der Waals surface area contributed by atoms with Gasteiger partial charge in [-0.3, -0.25) is 0 Å². The number of halogens is 4. The van der Waals surface area contributed by atoms with Gasteiger partial charge in [-0.2, -0.15) is 13.2 Å². The molecule has 0 bridgehead atoms. The fraction of sp³-hybridized carbons (Fsp3) is 0.200. The van der Waals surface area contributed by atoms with Crippen LogP contribution in [0, 0.1) is 5.82 Å². The molecule has 2 rings (SSSR count). The summed E-state index contributed by atoms with van der Waals surface area (Å²) in [7, 11) is 1.36. The van der Waals surface area contributed by atoms with E-state index in [1.54, 1.807) is 6.07 Å². The van der Waals surface area contributed by atoms with Gasteiger partial charge in [0.1, 0.15) is 5.82 Å². The van der Waals surface area contributed by atoms with Crippen molar-refractivity contribution in [2.45, 2.75) is 12.8 Å². The Hall–Kier alpha value is -2.08. The number of para-hydroxylation sites is 1. The highest BCUT2D eigenvalue weighted by Gasteiger charge is 2.35. The molecule has 0 unspecified atom stereocenters. The Balaban J connectivity index is 2.56. The number of nitrogens with zero attached hydrogens (tertiary/aromatic N) is 1. The van der Waals surface area contributed by atoms with Gasteiger partial charge in [-0.1, -0.05) is 18.2 Å². The first-order chi connectivity index (χ1) is 9.84. The van der Waals surface area contributed by atoms with Crippen molar-refractivity contribution >= 4 is 11.4 Å². The zero-order chi connectivity index (χ0) is 15.6. The molecule has 0 aromatic heterocycles. The Kier molecular flexibility index (Phi) is 4.18. The quantitative estimate of drug-likeness (QED) is 0.862. The fourth-order valence-electron chi connectivity index (χ4n) is 2.05. The molecule has 0 saturated heterocycles. The van der Waals surface area contributed by atoms with Crippen molar-refractivity contribution in [2.24, 2.45) is 0 Å². The van der Waals surface area contributed by atoms with Crippen LogP contribution in [-0.2, 0) is 12.8 Å². The molecule has 0 aliphatic rings. The summed E-state index contributed by atoms with van der Waals surface area (Å²) in [6.45, 7) is -0.493. The minimum atomic E-state index is -4.60. The SMILES string of the molecule is CN(c1ccccc1F)c1ccc(CO)cc1C(F)(F)F. The molecule has 0 spiro atoms. The average molecular weight is 299 g/mol. The number of aliphatic hydroxyl groups excluding tert-OH is 1. The summed E-state index contributed by atoms with van der Waals surface area (Å²) in [6, 6.07) is 9.06. The van der Waals surface area contributed by atoms with Crippen LogP contribution in [0.2, 0.25) is 0 Å². The van der Waals surface area contributed by atoms with E-state index in [1.165, 1.54) is 37.4 Å². The highest BCUT2D eigenvalue weighted by molar-refractivity contribution is 5.67. The molecule has 2 aromatic rings. The molecular formula is C15H13F4NO. The molecule has 21 heavy (non-hydrogen) atoms. The van der Waals surface area contributed by atoms with Gasteiger partial charge < -0.3 is 10.0 Å². The summed E-state index contributed by atoms with van der Waals surface area (Å²) < 4.78 is 53.2. The maximum atomic E-state index is 13.7. The Morgan fingerprint density at radius 1 is 1.05 bits per heavy atom. The van der Waals surface area contributed by atoms with E-state index < -0.39 is 24.2 Å². The molecular weight excluding hydrogens is 286 g/mol. The molecule has 0 radical (unpaired) electrons. The van der Waals surface area contributed by atoms with Crippen molar-refractivity contribution in [3.05, 3.63) is 59.4 Å². The topological polar surface area (TPSA) is 23.5 Å². The summed E-state index contributed by atoms with van der Waals surface area (Å²) in [6.07, 6.45) is -4.60. The molecule has 0 amide bonds. The van der Waals surface area contributed by atoms with Crippen LogP contribution in [0.15, 0.2) is 42.5 Å². The van der Waals surface area contributed by atoms with Gasteiger partial charge in [-0.25, -0.2) is 4.39 Å². The van der Waals surface area contributed by atoms with E-state index in [9.17, 15) is 17.6 Å². The molecule has 0 aliphatic heterocycles. The first-order valence-electron chi connectivity index (χ1n) is 6.14. The molecule has 1 N–H and O–H groups in total. The van der Waals surface area contributed by atoms with Gasteiger partial charge in [0.2, 0.25) is 0 Å². The Morgan fingerprint density at radius 3 is 2.29 bits per heavy atom.